The predicted octanol–water partition coefficient (Wildman–Crippen LogP) is 1.35. The standard InChI is InChI=1S/C15H20N2O4S/c1-14(20-5-6-21-14)13-16-8-11(22-13)12(19)17-4-2-3-10-7-15(10,17)9-18/h8,10,18H,2-7,9H2,1H3/t10-,15-/m1/s1. The van der Waals surface area contributed by atoms with Crippen molar-refractivity contribution in [2.75, 3.05) is 26.4 Å². The van der Waals surface area contributed by atoms with Crippen LogP contribution in [0.15, 0.2) is 6.20 Å². The summed E-state index contributed by atoms with van der Waals surface area (Å²) in [6.45, 7) is 3.69. The number of fused-ring (bicyclic) bond motifs is 1. The molecule has 120 valence electrons. The Labute approximate surface area is 133 Å². The molecule has 3 heterocycles. The minimum atomic E-state index is -0.831. The molecule has 1 aromatic rings. The van der Waals surface area contributed by atoms with Crippen LogP contribution >= 0.6 is 11.3 Å². The summed E-state index contributed by atoms with van der Waals surface area (Å²) in [7, 11) is 0. The maximum atomic E-state index is 12.8. The summed E-state index contributed by atoms with van der Waals surface area (Å²) in [5.41, 5.74) is -0.316. The number of hydrogen-bond donors (Lipinski definition) is 1. The molecule has 3 aliphatic rings. The number of amides is 1. The van der Waals surface area contributed by atoms with Crippen molar-refractivity contribution in [2.24, 2.45) is 5.92 Å². The quantitative estimate of drug-likeness (QED) is 0.909. The minimum absolute atomic E-state index is 0.0263. The molecular weight excluding hydrogens is 304 g/mol. The first-order valence-electron chi connectivity index (χ1n) is 7.76. The summed E-state index contributed by atoms with van der Waals surface area (Å²) in [5, 5.41) is 10.4. The van der Waals surface area contributed by atoms with Crippen molar-refractivity contribution in [3.8, 4) is 0 Å². The summed E-state index contributed by atoms with van der Waals surface area (Å²) in [6, 6.07) is 0. The van der Waals surface area contributed by atoms with Gasteiger partial charge in [0.05, 0.1) is 31.6 Å². The molecule has 0 radical (unpaired) electrons. The van der Waals surface area contributed by atoms with Gasteiger partial charge in [0, 0.05) is 6.54 Å². The highest BCUT2D eigenvalue weighted by Crippen LogP contribution is 2.54. The molecule has 1 amide bonds. The van der Waals surface area contributed by atoms with Gasteiger partial charge in [-0.05, 0) is 32.1 Å². The van der Waals surface area contributed by atoms with Crippen LogP contribution in [0.25, 0.3) is 0 Å². The van der Waals surface area contributed by atoms with Crippen molar-refractivity contribution in [1.29, 1.82) is 0 Å². The molecule has 7 heteroatoms. The maximum absolute atomic E-state index is 12.8. The summed E-state index contributed by atoms with van der Waals surface area (Å²) >= 11 is 1.33. The molecule has 1 saturated carbocycles. The van der Waals surface area contributed by atoms with E-state index in [9.17, 15) is 9.90 Å². The monoisotopic (exact) mass is 324 g/mol. The van der Waals surface area contributed by atoms with E-state index in [1.165, 1.54) is 11.3 Å². The molecule has 2 aliphatic heterocycles. The Kier molecular flexibility index (Phi) is 3.30. The van der Waals surface area contributed by atoms with E-state index in [0.29, 0.717) is 35.6 Å². The van der Waals surface area contributed by atoms with Gasteiger partial charge in [-0.1, -0.05) is 0 Å². The second-order valence-corrected chi connectivity index (χ2v) is 7.46. The average molecular weight is 324 g/mol. The summed E-state index contributed by atoms with van der Waals surface area (Å²) < 4.78 is 11.2. The largest absolute Gasteiger partial charge is 0.394 e. The lowest BCUT2D eigenvalue weighted by atomic mass is 10.0. The van der Waals surface area contributed by atoms with Crippen molar-refractivity contribution in [2.45, 2.75) is 37.5 Å². The molecule has 0 spiro atoms. The highest BCUT2D eigenvalue weighted by Gasteiger charge is 2.60. The Balaban J connectivity index is 1.57. The predicted molar refractivity (Wildman–Crippen MR) is 79.6 cm³/mol. The number of ether oxygens (including phenoxy) is 2. The maximum Gasteiger partial charge on any atom is 0.266 e. The van der Waals surface area contributed by atoms with Gasteiger partial charge < -0.3 is 19.5 Å². The van der Waals surface area contributed by atoms with E-state index >= 15 is 0 Å². The first kappa shape index (κ1) is 14.6. The third-order valence-electron chi connectivity index (χ3n) is 5.13. The number of rotatable bonds is 3. The number of hydrogen-bond acceptors (Lipinski definition) is 6. The van der Waals surface area contributed by atoms with Crippen LogP contribution in [0.4, 0.5) is 0 Å². The van der Waals surface area contributed by atoms with Gasteiger partial charge in [-0.3, -0.25) is 4.79 Å². The third kappa shape index (κ3) is 2.03. The van der Waals surface area contributed by atoms with Crippen molar-refractivity contribution in [3.63, 3.8) is 0 Å². The van der Waals surface area contributed by atoms with Crippen LogP contribution in [0.5, 0.6) is 0 Å². The van der Waals surface area contributed by atoms with E-state index in [0.717, 1.165) is 19.3 Å². The lowest BCUT2D eigenvalue weighted by Gasteiger charge is -2.35. The number of piperidine rings is 1. The molecular formula is C15H20N2O4S. The number of carbonyl (C=O) groups is 1. The molecule has 1 aliphatic carbocycles. The number of aromatic nitrogens is 1. The van der Waals surface area contributed by atoms with Crippen molar-refractivity contribution in [3.05, 3.63) is 16.1 Å². The fourth-order valence-electron chi connectivity index (χ4n) is 3.72. The van der Waals surface area contributed by atoms with E-state index in [-0.39, 0.29) is 18.1 Å². The molecule has 0 aromatic carbocycles. The minimum Gasteiger partial charge on any atom is -0.394 e. The van der Waals surface area contributed by atoms with Crippen LogP contribution in [-0.4, -0.2) is 52.8 Å². The molecule has 2 saturated heterocycles. The number of aliphatic hydroxyl groups is 1. The average Bonchev–Trinajstić information content (AvgIpc) is 2.87. The lowest BCUT2D eigenvalue weighted by Crippen LogP contribution is -2.48. The fourth-order valence-corrected chi connectivity index (χ4v) is 4.64. The van der Waals surface area contributed by atoms with E-state index < -0.39 is 5.79 Å². The number of nitrogens with zero attached hydrogens (tertiary/aromatic N) is 2. The van der Waals surface area contributed by atoms with E-state index in [1.54, 1.807) is 6.20 Å². The van der Waals surface area contributed by atoms with Crippen LogP contribution in [0.2, 0.25) is 0 Å². The van der Waals surface area contributed by atoms with Gasteiger partial charge in [0.1, 0.15) is 4.88 Å². The highest BCUT2D eigenvalue weighted by molar-refractivity contribution is 7.13. The molecule has 1 aromatic heterocycles. The van der Waals surface area contributed by atoms with E-state index in [2.05, 4.69) is 4.98 Å². The Bertz CT molecular complexity index is 598. The van der Waals surface area contributed by atoms with Crippen molar-refractivity contribution < 1.29 is 19.4 Å². The van der Waals surface area contributed by atoms with E-state index in [4.69, 9.17) is 9.47 Å². The zero-order valence-corrected chi connectivity index (χ0v) is 13.4. The fraction of sp³-hybridized carbons (Fsp3) is 0.733. The summed E-state index contributed by atoms with van der Waals surface area (Å²) in [5.74, 6) is -0.398. The second-order valence-electron chi connectivity index (χ2n) is 6.43. The van der Waals surface area contributed by atoms with Crippen molar-refractivity contribution >= 4 is 17.2 Å². The molecule has 3 fully saturated rings. The normalized spacial score (nSPS) is 32.8. The first-order chi connectivity index (χ1) is 10.6. The van der Waals surface area contributed by atoms with Gasteiger partial charge in [-0.2, -0.15) is 0 Å². The van der Waals surface area contributed by atoms with E-state index in [1.807, 2.05) is 11.8 Å². The molecule has 6 nitrogen and oxygen atoms in total. The molecule has 4 rings (SSSR count). The highest BCUT2D eigenvalue weighted by atomic mass is 32.1. The SMILES string of the molecule is CC1(c2ncc(C(=O)N3CCC[C@@H]4C[C@@]43CO)s2)OCCO1. The zero-order valence-electron chi connectivity index (χ0n) is 12.6. The van der Waals surface area contributed by atoms with Gasteiger partial charge in [-0.25, -0.2) is 4.98 Å². The summed E-state index contributed by atoms with van der Waals surface area (Å²) in [4.78, 5) is 19.6. The van der Waals surface area contributed by atoms with Gasteiger partial charge in [0.15, 0.2) is 5.01 Å². The Morgan fingerprint density at radius 1 is 1.55 bits per heavy atom. The van der Waals surface area contributed by atoms with Crippen LogP contribution in [-0.2, 0) is 15.3 Å². The Morgan fingerprint density at radius 2 is 2.32 bits per heavy atom. The number of likely N-dealkylation sites (tertiary alicyclic amines) is 1. The topological polar surface area (TPSA) is 71.9 Å². The van der Waals surface area contributed by atoms with Crippen LogP contribution in [0, 0.1) is 5.92 Å². The number of carbonyl (C=O) groups excluding carboxylic acids is 1. The Hall–Kier alpha value is -1.02. The van der Waals surface area contributed by atoms with Crippen LogP contribution in [0.1, 0.15) is 40.9 Å². The lowest BCUT2D eigenvalue weighted by molar-refractivity contribution is -0.149. The zero-order chi connectivity index (χ0) is 15.4. The third-order valence-corrected chi connectivity index (χ3v) is 6.30. The second kappa shape index (κ2) is 4.99. The first-order valence-corrected chi connectivity index (χ1v) is 8.58. The van der Waals surface area contributed by atoms with Gasteiger partial charge in [0.2, 0.25) is 5.79 Å². The number of aliphatic hydroxyl groups excluding tert-OH is 1. The van der Waals surface area contributed by atoms with Crippen LogP contribution in [0.3, 0.4) is 0 Å². The van der Waals surface area contributed by atoms with Gasteiger partial charge >= 0.3 is 0 Å². The van der Waals surface area contributed by atoms with Crippen molar-refractivity contribution in [1.82, 2.24) is 9.88 Å². The van der Waals surface area contributed by atoms with Crippen LogP contribution < -0.4 is 0 Å². The number of thiazole rings is 1. The van der Waals surface area contributed by atoms with Gasteiger partial charge in [-0.15, -0.1) is 11.3 Å². The smallest absolute Gasteiger partial charge is 0.266 e. The Morgan fingerprint density at radius 3 is 3.05 bits per heavy atom. The molecule has 0 bridgehead atoms. The molecule has 1 N–H and O–H groups in total. The molecule has 0 unspecified atom stereocenters. The van der Waals surface area contributed by atoms with Gasteiger partial charge in [0.25, 0.3) is 5.91 Å². The molecule has 22 heavy (non-hydrogen) atoms. The summed E-state index contributed by atoms with van der Waals surface area (Å²) in [6.07, 6.45) is 4.65. The molecule has 2 atom stereocenters.